The van der Waals surface area contributed by atoms with Gasteiger partial charge in [0.15, 0.2) is 0 Å². The summed E-state index contributed by atoms with van der Waals surface area (Å²) in [5, 5.41) is 2.79. The van der Waals surface area contributed by atoms with Gasteiger partial charge in [-0.1, -0.05) is 0 Å². The number of nitrogens with one attached hydrogen (secondary N) is 1. The van der Waals surface area contributed by atoms with Crippen LogP contribution in [0.5, 0.6) is 5.75 Å². The first kappa shape index (κ1) is 16.1. The average molecular weight is 309 g/mol. The highest BCUT2D eigenvalue weighted by atomic mass is 19.1. The Morgan fingerprint density at radius 2 is 2.23 bits per heavy atom. The first-order chi connectivity index (χ1) is 10.4. The SMILES string of the molecule is COc1ccc(F)cc1[C@H](C)NC(=O)N1CC[C@H](C(N)=O)C1. The van der Waals surface area contributed by atoms with Crippen LogP contribution in [0.15, 0.2) is 18.2 Å². The fourth-order valence-corrected chi connectivity index (χ4v) is 2.57. The number of halogens is 1. The smallest absolute Gasteiger partial charge is 0.317 e. The Bertz CT molecular complexity index is 579. The van der Waals surface area contributed by atoms with E-state index in [1.54, 1.807) is 6.92 Å². The number of hydrogen-bond acceptors (Lipinski definition) is 3. The van der Waals surface area contributed by atoms with Crippen molar-refractivity contribution in [2.24, 2.45) is 11.7 Å². The van der Waals surface area contributed by atoms with E-state index >= 15 is 0 Å². The van der Waals surface area contributed by atoms with Crippen molar-refractivity contribution in [2.75, 3.05) is 20.2 Å². The number of amides is 3. The third-order valence-electron chi connectivity index (χ3n) is 3.88. The van der Waals surface area contributed by atoms with Crippen LogP contribution in [0, 0.1) is 11.7 Å². The molecule has 0 radical (unpaired) electrons. The molecule has 1 aliphatic rings. The Hall–Kier alpha value is -2.31. The maximum absolute atomic E-state index is 13.4. The van der Waals surface area contributed by atoms with E-state index in [4.69, 9.17) is 10.5 Å². The van der Waals surface area contributed by atoms with Gasteiger partial charge in [-0.25, -0.2) is 9.18 Å². The summed E-state index contributed by atoms with van der Waals surface area (Å²) in [7, 11) is 1.49. The summed E-state index contributed by atoms with van der Waals surface area (Å²) in [5.74, 6) is -0.586. The third-order valence-corrected chi connectivity index (χ3v) is 3.88. The van der Waals surface area contributed by atoms with Gasteiger partial charge in [-0.3, -0.25) is 4.79 Å². The Morgan fingerprint density at radius 3 is 2.82 bits per heavy atom. The Morgan fingerprint density at radius 1 is 1.50 bits per heavy atom. The van der Waals surface area contributed by atoms with E-state index in [1.165, 1.54) is 30.2 Å². The number of urea groups is 1. The Balaban J connectivity index is 2.03. The number of hydrogen-bond donors (Lipinski definition) is 2. The van der Waals surface area contributed by atoms with E-state index in [2.05, 4.69) is 5.32 Å². The topological polar surface area (TPSA) is 84.7 Å². The molecule has 7 heteroatoms. The van der Waals surface area contributed by atoms with E-state index in [9.17, 15) is 14.0 Å². The second-order valence-electron chi connectivity index (χ2n) is 5.39. The molecular weight excluding hydrogens is 289 g/mol. The van der Waals surface area contributed by atoms with Crippen molar-refractivity contribution in [3.05, 3.63) is 29.6 Å². The molecule has 22 heavy (non-hydrogen) atoms. The van der Waals surface area contributed by atoms with Crippen LogP contribution in [-0.2, 0) is 4.79 Å². The minimum atomic E-state index is -0.425. The molecule has 0 unspecified atom stereocenters. The summed E-state index contributed by atoms with van der Waals surface area (Å²) in [5.41, 5.74) is 5.81. The number of ether oxygens (including phenoxy) is 1. The fraction of sp³-hybridized carbons (Fsp3) is 0.467. The van der Waals surface area contributed by atoms with Crippen molar-refractivity contribution < 1.29 is 18.7 Å². The highest BCUT2D eigenvalue weighted by Gasteiger charge is 2.30. The molecule has 3 N–H and O–H groups in total. The molecular formula is C15H20FN3O3. The summed E-state index contributed by atoms with van der Waals surface area (Å²) in [6.45, 7) is 2.54. The van der Waals surface area contributed by atoms with Gasteiger partial charge < -0.3 is 20.7 Å². The van der Waals surface area contributed by atoms with Gasteiger partial charge in [0.1, 0.15) is 11.6 Å². The first-order valence-corrected chi connectivity index (χ1v) is 7.10. The molecule has 0 aromatic heterocycles. The summed E-state index contributed by atoms with van der Waals surface area (Å²) < 4.78 is 18.6. The molecule has 1 aromatic rings. The lowest BCUT2D eigenvalue weighted by molar-refractivity contribution is -0.121. The number of nitrogens with two attached hydrogens (primary N) is 1. The predicted molar refractivity (Wildman–Crippen MR) is 78.8 cm³/mol. The van der Waals surface area contributed by atoms with E-state index in [1.807, 2.05) is 0 Å². The average Bonchev–Trinajstić information content (AvgIpc) is 2.97. The molecule has 3 amide bonds. The highest BCUT2D eigenvalue weighted by molar-refractivity contribution is 5.80. The molecule has 0 aliphatic carbocycles. The standard InChI is InChI=1S/C15H20FN3O3/c1-9(12-7-11(16)3-4-13(12)22-2)18-15(21)19-6-5-10(8-19)14(17)20/h3-4,7,9-10H,5-6,8H2,1-2H3,(H2,17,20)(H,18,21)/t9-,10-/m0/s1. The van der Waals surface area contributed by atoms with Gasteiger partial charge in [0.25, 0.3) is 0 Å². The molecule has 6 nitrogen and oxygen atoms in total. The number of carbonyl (C=O) groups is 2. The van der Waals surface area contributed by atoms with Gasteiger partial charge >= 0.3 is 6.03 Å². The zero-order chi connectivity index (χ0) is 16.3. The molecule has 1 saturated heterocycles. The van der Waals surface area contributed by atoms with Gasteiger partial charge in [0.2, 0.25) is 5.91 Å². The number of methoxy groups -OCH3 is 1. The van der Waals surface area contributed by atoms with E-state index in [0.29, 0.717) is 30.8 Å². The van der Waals surface area contributed by atoms with Gasteiger partial charge in [0.05, 0.1) is 19.1 Å². The fourth-order valence-electron chi connectivity index (χ4n) is 2.57. The summed E-state index contributed by atoms with van der Waals surface area (Å²) in [6.07, 6.45) is 0.570. The van der Waals surface area contributed by atoms with Gasteiger partial charge in [-0.05, 0) is 31.5 Å². The summed E-state index contributed by atoms with van der Waals surface area (Å²) >= 11 is 0. The lowest BCUT2D eigenvalue weighted by Crippen LogP contribution is -2.40. The number of rotatable bonds is 4. The maximum atomic E-state index is 13.4. The third kappa shape index (κ3) is 3.47. The second-order valence-corrected chi connectivity index (χ2v) is 5.39. The van der Waals surface area contributed by atoms with Crippen molar-refractivity contribution in [2.45, 2.75) is 19.4 Å². The molecule has 2 rings (SSSR count). The predicted octanol–water partition coefficient (Wildman–Crippen LogP) is 1.41. The van der Waals surface area contributed by atoms with E-state index < -0.39 is 17.8 Å². The van der Waals surface area contributed by atoms with E-state index in [-0.39, 0.29) is 11.9 Å². The number of benzene rings is 1. The van der Waals surface area contributed by atoms with Gasteiger partial charge in [-0.15, -0.1) is 0 Å². The zero-order valence-corrected chi connectivity index (χ0v) is 12.6. The minimum Gasteiger partial charge on any atom is -0.496 e. The second kappa shape index (κ2) is 6.64. The van der Waals surface area contributed by atoms with Crippen LogP contribution in [0.4, 0.5) is 9.18 Å². The van der Waals surface area contributed by atoms with Crippen molar-refractivity contribution in [1.82, 2.24) is 10.2 Å². The van der Waals surface area contributed by atoms with Crippen LogP contribution >= 0.6 is 0 Å². The molecule has 0 bridgehead atoms. The monoisotopic (exact) mass is 309 g/mol. The Kier molecular flexibility index (Phi) is 4.85. The lowest BCUT2D eigenvalue weighted by atomic mass is 10.1. The molecule has 120 valence electrons. The van der Waals surface area contributed by atoms with Crippen molar-refractivity contribution in [1.29, 1.82) is 0 Å². The van der Waals surface area contributed by atoms with Crippen molar-refractivity contribution >= 4 is 11.9 Å². The molecule has 1 aromatic carbocycles. The number of likely N-dealkylation sites (tertiary alicyclic amines) is 1. The van der Waals surface area contributed by atoms with Gasteiger partial charge in [0, 0.05) is 18.7 Å². The molecule has 0 saturated carbocycles. The summed E-state index contributed by atoms with van der Waals surface area (Å²) in [4.78, 5) is 24.9. The van der Waals surface area contributed by atoms with Crippen LogP contribution < -0.4 is 15.8 Å². The van der Waals surface area contributed by atoms with Crippen molar-refractivity contribution in [3.8, 4) is 5.75 Å². The molecule has 2 atom stereocenters. The van der Waals surface area contributed by atoms with Crippen molar-refractivity contribution in [3.63, 3.8) is 0 Å². The van der Waals surface area contributed by atoms with Crippen LogP contribution in [0.2, 0.25) is 0 Å². The van der Waals surface area contributed by atoms with Crippen LogP contribution in [0.1, 0.15) is 24.9 Å². The highest BCUT2D eigenvalue weighted by Crippen LogP contribution is 2.26. The molecule has 1 heterocycles. The minimum absolute atomic E-state index is 0.301. The quantitative estimate of drug-likeness (QED) is 0.882. The zero-order valence-electron chi connectivity index (χ0n) is 12.6. The number of primary amides is 1. The number of nitrogens with zero attached hydrogens (tertiary/aromatic N) is 1. The maximum Gasteiger partial charge on any atom is 0.317 e. The largest absolute Gasteiger partial charge is 0.496 e. The molecule has 1 aliphatic heterocycles. The molecule has 1 fully saturated rings. The summed E-state index contributed by atoms with van der Waals surface area (Å²) in [6, 6.07) is 3.43. The lowest BCUT2D eigenvalue weighted by Gasteiger charge is -2.22. The number of carbonyl (C=O) groups excluding carboxylic acids is 2. The normalized spacial score (nSPS) is 18.9. The Labute approximate surface area is 128 Å². The molecule has 0 spiro atoms. The van der Waals surface area contributed by atoms with Gasteiger partial charge in [-0.2, -0.15) is 0 Å². The van der Waals surface area contributed by atoms with Crippen LogP contribution in [0.3, 0.4) is 0 Å². The first-order valence-electron chi connectivity index (χ1n) is 7.10. The van der Waals surface area contributed by atoms with Crippen LogP contribution in [-0.4, -0.2) is 37.0 Å². The van der Waals surface area contributed by atoms with E-state index in [0.717, 1.165) is 0 Å². The van der Waals surface area contributed by atoms with Crippen LogP contribution in [0.25, 0.3) is 0 Å².